The predicted molar refractivity (Wildman–Crippen MR) is 258 cm³/mol. The van der Waals surface area contributed by atoms with Crippen LogP contribution in [0.5, 0.6) is 0 Å². The van der Waals surface area contributed by atoms with E-state index in [2.05, 4.69) is 199 Å². The third-order valence-electron chi connectivity index (χ3n) is 13.0. The van der Waals surface area contributed by atoms with Gasteiger partial charge in [-0.1, -0.05) is 184 Å². The molecule has 0 spiro atoms. The highest BCUT2D eigenvalue weighted by molar-refractivity contribution is 6.08. The van der Waals surface area contributed by atoms with Gasteiger partial charge >= 0.3 is 0 Å². The van der Waals surface area contributed by atoms with Gasteiger partial charge in [0.1, 0.15) is 5.84 Å². The fourth-order valence-electron chi connectivity index (χ4n) is 9.46. The molecule has 5 aromatic rings. The molecule has 0 aromatic heterocycles. The molecule has 0 N–H and O–H groups in total. The van der Waals surface area contributed by atoms with Crippen molar-refractivity contribution >= 4 is 33.5 Å². The Balaban J connectivity index is 1.06. The molecule has 9 rings (SSSR count). The van der Waals surface area contributed by atoms with Crippen LogP contribution in [0.1, 0.15) is 89.0 Å². The minimum Gasteiger partial charge on any atom is -0.237 e. The summed E-state index contributed by atoms with van der Waals surface area (Å²) in [5.41, 5.74) is 18.9. The molecular formula is C58H54N2. The van der Waals surface area contributed by atoms with E-state index in [0.29, 0.717) is 0 Å². The summed E-state index contributed by atoms with van der Waals surface area (Å²) in [5, 5.41) is 2.52. The molecule has 1 atom stereocenters. The number of rotatable bonds is 8. The van der Waals surface area contributed by atoms with E-state index in [4.69, 9.17) is 9.98 Å². The van der Waals surface area contributed by atoms with E-state index in [0.717, 1.165) is 60.5 Å². The Morgan fingerprint density at radius 2 is 1.48 bits per heavy atom. The third-order valence-corrected chi connectivity index (χ3v) is 13.0. The van der Waals surface area contributed by atoms with Crippen molar-refractivity contribution < 1.29 is 0 Å². The number of fused-ring (bicyclic) bond motifs is 3. The lowest BCUT2D eigenvalue weighted by molar-refractivity contribution is 0.607. The van der Waals surface area contributed by atoms with Crippen LogP contribution in [-0.4, -0.2) is 11.5 Å². The van der Waals surface area contributed by atoms with E-state index in [-0.39, 0.29) is 11.3 Å². The molecule has 4 aliphatic carbocycles. The first kappa shape index (κ1) is 39.1. The molecule has 0 amide bonds. The van der Waals surface area contributed by atoms with Crippen molar-refractivity contribution in [2.24, 2.45) is 15.9 Å². The van der Waals surface area contributed by atoms with Gasteiger partial charge in [-0.3, -0.25) is 0 Å². The zero-order valence-electron chi connectivity index (χ0n) is 35.7. The second-order valence-corrected chi connectivity index (χ2v) is 17.1. The Bertz CT molecular complexity index is 2810. The van der Waals surface area contributed by atoms with Crippen LogP contribution in [0.4, 0.5) is 0 Å². The maximum Gasteiger partial charge on any atom is 0.136 e. The lowest BCUT2D eigenvalue weighted by atomic mass is 9.78. The average molecular weight is 779 g/mol. The largest absolute Gasteiger partial charge is 0.237 e. The highest BCUT2D eigenvalue weighted by Gasteiger charge is 2.37. The van der Waals surface area contributed by atoms with Crippen molar-refractivity contribution in [2.75, 3.05) is 0 Å². The molecule has 2 heteroatoms. The zero-order chi connectivity index (χ0) is 41.2. The van der Waals surface area contributed by atoms with Crippen LogP contribution in [0.2, 0.25) is 0 Å². The smallest absolute Gasteiger partial charge is 0.136 e. The maximum atomic E-state index is 5.46. The van der Waals surface area contributed by atoms with Crippen LogP contribution >= 0.6 is 0 Å². The highest BCUT2D eigenvalue weighted by atomic mass is 14.9. The summed E-state index contributed by atoms with van der Waals surface area (Å²) in [7, 11) is 0. The van der Waals surface area contributed by atoms with Crippen molar-refractivity contribution in [2.45, 2.75) is 72.1 Å². The lowest BCUT2D eigenvalue weighted by Crippen LogP contribution is -2.17. The summed E-state index contributed by atoms with van der Waals surface area (Å²) in [6.45, 7) is 11.3. The van der Waals surface area contributed by atoms with Gasteiger partial charge in [-0.05, 0) is 136 Å². The van der Waals surface area contributed by atoms with E-state index >= 15 is 0 Å². The first-order valence-electron chi connectivity index (χ1n) is 21.8. The van der Waals surface area contributed by atoms with Gasteiger partial charge in [0.15, 0.2) is 0 Å². The Morgan fingerprint density at radius 3 is 2.28 bits per heavy atom. The van der Waals surface area contributed by atoms with Crippen LogP contribution in [0.25, 0.3) is 44.2 Å². The van der Waals surface area contributed by atoms with E-state index in [1.807, 2.05) is 6.07 Å². The molecular weight excluding hydrogens is 725 g/mol. The molecule has 0 heterocycles. The standard InChI is InChI=1S/C58H54N2/c1-6-39(2)56(60-57(45-21-11-8-12-22-45)59-40(3)41-19-9-7-10-20-41)44-26-15-23-42(33-34-44)49-30-17-24-43-25-18-31-50(55(43)49)48-28-16-27-46(37-48)47-35-36-52-51-29-13-14-32-53(51)58(4,5)54(52)38-47/h7-13,16-21,23-31,33-38,45H,6,14-15,22,32H2,1-5H3/b56-39-,59-40?,60-57?. The second-order valence-electron chi connectivity index (χ2n) is 17.1. The Labute approximate surface area is 356 Å². The summed E-state index contributed by atoms with van der Waals surface area (Å²) in [6, 6.07) is 40.2. The Hall–Kier alpha value is -6.38. The molecule has 4 aliphatic rings. The van der Waals surface area contributed by atoms with Crippen molar-refractivity contribution in [1.82, 2.24) is 0 Å². The van der Waals surface area contributed by atoms with Crippen LogP contribution < -0.4 is 0 Å². The van der Waals surface area contributed by atoms with Gasteiger partial charge in [0.25, 0.3) is 0 Å². The number of benzene rings is 5. The van der Waals surface area contributed by atoms with Gasteiger partial charge in [-0.15, -0.1) is 0 Å². The molecule has 60 heavy (non-hydrogen) atoms. The quantitative estimate of drug-likeness (QED) is 0.111. The molecule has 1 unspecified atom stereocenters. The minimum absolute atomic E-state index is 0.0440. The van der Waals surface area contributed by atoms with E-state index in [9.17, 15) is 0 Å². The van der Waals surface area contributed by atoms with Crippen LogP contribution in [0.15, 0.2) is 202 Å². The number of amidine groups is 1. The SMILES string of the molecule is CC/C(C)=C(\N=C(N=C(C)c1ccccc1)C1C=CC=CC1)C1=CCC=C(c2cccc3cccc(-c4cccc(-c5ccc6c(c5)C(C)(C)C5=C6C=CCC5)c4)c23)C=C1. The van der Waals surface area contributed by atoms with Gasteiger partial charge in [0, 0.05) is 17.0 Å². The maximum absolute atomic E-state index is 5.46. The molecule has 0 saturated heterocycles. The average Bonchev–Trinajstić information content (AvgIpc) is 3.41. The second kappa shape index (κ2) is 16.7. The van der Waals surface area contributed by atoms with Gasteiger partial charge in [-0.25, -0.2) is 9.98 Å². The summed E-state index contributed by atoms with van der Waals surface area (Å²) in [5.74, 6) is 0.961. The highest BCUT2D eigenvalue weighted by Crippen LogP contribution is 2.51. The normalized spacial score (nSPS) is 18.9. The van der Waals surface area contributed by atoms with Crippen LogP contribution in [0, 0.1) is 5.92 Å². The summed E-state index contributed by atoms with van der Waals surface area (Å²) < 4.78 is 0. The van der Waals surface area contributed by atoms with Crippen molar-refractivity contribution in [3.63, 3.8) is 0 Å². The van der Waals surface area contributed by atoms with Gasteiger partial charge < -0.3 is 0 Å². The van der Waals surface area contributed by atoms with Crippen molar-refractivity contribution in [3.05, 3.63) is 215 Å². The number of nitrogens with zero attached hydrogens (tertiary/aromatic N) is 2. The molecule has 296 valence electrons. The summed E-state index contributed by atoms with van der Waals surface area (Å²) in [4.78, 5) is 10.7. The fraction of sp³-hybridized carbons (Fsp3) is 0.207. The topological polar surface area (TPSA) is 24.7 Å². The van der Waals surface area contributed by atoms with Gasteiger partial charge in [0.2, 0.25) is 0 Å². The number of hydrogen-bond acceptors (Lipinski definition) is 1. The van der Waals surface area contributed by atoms with Crippen molar-refractivity contribution in [1.29, 1.82) is 0 Å². The monoisotopic (exact) mass is 778 g/mol. The Morgan fingerprint density at radius 1 is 0.700 bits per heavy atom. The van der Waals surface area contributed by atoms with Crippen LogP contribution in [-0.2, 0) is 5.41 Å². The van der Waals surface area contributed by atoms with E-state index in [1.54, 1.807) is 5.57 Å². The van der Waals surface area contributed by atoms with Crippen molar-refractivity contribution in [3.8, 4) is 22.3 Å². The third kappa shape index (κ3) is 7.52. The molecule has 0 fully saturated rings. The molecule has 0 radical (unpaired) electrons. The molecule has 0 bridgehead atoms. The number of aliphatic imine (C=N–C) groups is 2. The van der Waals surface area contributed by atoms with Crippen LogP contribution in [0.3, 0.4) is 0 Å². The molecule has 0 aliphatic heterocycles. The van der Waals surface area contributed by atoms with E-state index < -0.39 is 0 Å². The number of allylic oxidation sites excluding steroid dienone is 13. The molecule has 5 aromatic carbocycles. The number of hydrogen-bond donors (Lipinski definition) is 0. The minimum atomic E-state index is 0.0440. The first-order valence-corrected chi connectivity index (χ1v) is 21.8. The van der Waals surface area contributed by atoms with E-state index in [1.165, 1.54) is 66.4 Å². The predicted octanol–water partition coefficient (Wildman–Crippen LogP) is 15.6. The first-order chi connectivity index (χ1) is 29.3. The summed E-state index contributed by atoms with van der Waals surface area (Å²) in [6.07, 6.45) is 27.5. The molecule has 2 nitrogen and oxygen atoms in total. The van der Waals surface area contributed by atoms with Gasteiger partial charge in [0.05, 0.1) is 5.70 Å². The Kier molecular flexibility index (Phi) is 10.9. The lowest BCUT2D eigenvalue weighted by Gasteiger charge is -2.26. The zero-order valence-corrected chi connectivity index (χ0v) is 35.7. The fourth-order valence-corrected chi connectivity index (χ4v) is 9.46. The van der Waals surface area contributed by atoms with Gasteiger partial charge in [-0.2, -0.15) is 0 Å². The molecule has 0 saturated carbocycles. The summed E-state index contributed by atoms with van der Waals surface area (Å²) >= 11 is 0.